The molecule has 7 heavy (non-hydrogen) atoms. The van der Waals surface area contributed by atoms with Crippen LogP contribution in [0.2, 0.25) is 0 Å². The van der Waals surface area contributed by atoms with E-state index in [1.54, 1.807) is 0 Å². The van der Waals surface area contributed by atoms with Gasteiger partial charge >= 0.3 is 0 Å². The summed E-state index contributed by atoms with van der Waals surface area (Å²) in [6, 6.07) is 0. The van der Waals surface area contributed by atoms with Gasteiger partial charge in [-0.2, -0.15) is 0 Å². The molecule has 1 atom stereocenters. The minimum atomic E-state index is 0.479. The maximum Gasteiger partial charge on any atom is 0.0947 e. The third-order valence-corrected chi connectivity index (χ3v) is 0.909. The minimum Gasteiger partial charge on any atom is -0.372 e. The van der Waals surface area contributed by atoms with Crippen LogP contribution in [0.5, 0.6) is 0 Å². The summed E-state index contributed by atoms with van der Waals surface area (Å²) in [5, 5.41) is 0. The summed E-state index contributed by atoms with van der Waals surface area (Å²) in [5.41, 5.74) is 5.74. The molecular weight excluding hydrogens is 92.1 g/mol. The number of nitrogens with one attached hydrogen (secondary N) is 2. The molecule has 0 aromatic heterocycles. The highest BCUT2D eigenvalue weighted by Crippen LogP contribution is 2.04. The fourth-order valence-corrected chi connectivity index (χ4v) is 0.402. The minimum absolute atomic E-state index is 0.479. The Morgan fingerprint density at radius 1 is 1.86 bits per heavy atom. The van der Waals surface area contributed by atoms with Crippen LogP contribution in [0.4, 0.5) is 0 Å². The van der Waals surface area contributed by atoms with Crippen LogP contribution in [-0.2, 0) is 4.74 Å². The Morgan fingerprint density at radius 2 is 2.57 bits per heavy atom. The fraction of sp³-hybridized carbons (Fsp3) is 1.00. The van der Waals surface area contributed by atoms with Crippen LogP contribution in [-0.4, -0.2) is 26.3 Å². The average Bonchev–Trinajstić information content (AvgIpc) is 2.42. The Morgan fingerprint density at radius 3 is 3.00 bits per heavy atom. The first-order valence-corrected chi connectivity index (χ1v) is 2.44. The molecule has 2 N–H and O–H groups in total. The van der Waals surface area contributed by atoms with Crippen LogP contribution in [0, 0.1) is 0 Å². The maximum absolute atomic E-state index is 4.91. The molecule has 1 aliphatic rings. The molecule has 0 aromatic rings. The van der Waals surface area contributed by atoms with Gasteiger partial charge in [0, 0.05) is 6.54 Å². The Bertz CT molecular complexity index is 53.7. The summed E-state index contributed by atoms with van der Waals surface area (Å²) in [4.78, 5) is 0. The zero-order chi connectivity index (χ0) is 5.11. The second-order valence-electron chi connectivity index (χ2n) is 1.59. The first-order valence-electron chi connectivity index (χ1n) is 2.44. The van der Waals surface area contributed by atoms with E-state index in [1.165, 1.54) is 0 Å². The second-order valence-corrected chi connectivity index (χ2v) is 1.59. The van der Waals surface area contributed by atoms with Crippen LogP contribution in [0.15, 0.2) is 0 Å². The number of hydrazine groups is 1. The van der Waals surface area contributed by atoms with Crippen molar-refractivity contribution in [3.8, 4) is 0 Å². The zero-order valence-electron chi connectivity index (χ0n) is 4.40. The molecule has 3 heteroatoms. The van der Waals surface area contributed by atoms with Crippen molar-refractivity contribution in [1.29, 1.82) is 0 Å². The van der Waals surface area contributed by atoms with Crippen molar-refractivity contribution in [1.82, 2.24) is 10.9 Å². The molecule has 1 fully saturated rings. The molecule has 0 spiro atoms. The third-order valence-electron chi connectivity index (χ3n) is 0.909. The van der Waals surface area contributed by atoms with Gasteiger partial charge in [-0.3, -0.25) is 10.9 Å². The van der Waals surface area contributed by atoms with E-state index in [1.807, 2.05) is 7.05 Å². The molecule has 1 heterocycles. The third kappa shape index (κ3) is 1.87. The Balaban J connectivity index is 1.80. The maximum atomic E-state index is 4.91. The van der Waals surface area contributed by atoms with Gasteiger partial charge in [0.15, 0.2) is 0 Å². The summed E-state index contributed by atoms with van der Waals surface area (Å²) >= 11 is 0. The molecule has 0 aliphatic carbocycles. The van der Waals surface area contributed by atoms with Crippen molar-refractivity contribution in [3.05, 3.63) is 0 Å². The normalized spacial score (nSPS) is 27.9. The van der Waals surface area contributed by atoms with E-state index < -0.39 is 0 Å². The Hall–Kier alpha value is -0.120. The van der Waals surface area contributed by atoms with Gasteiger partial charge in [0.05, 0.1) is 12.7 Å². The van der Waals surface area contributed by atoms with Crippen molar-refractivity contribution in [2.75, 3.05) is 20.2 Å². The van der Waals surface area contributed by atoms with E-state index in [0.717, 1.165) is 13.2 Å². The fourth-order valence-electron chi connectivity index (χ4n) is 0.402. The van der Waals surface area contributed by atoms with Crippen molar-refractivity contribution in [2.45, 2.75) is 6.10 Å². The molecule has 0 radical (unpaired) electrons. The summed E-state index contributed by atoms with van der Waals surface area (Å²) in [6.45, 7) is 1.85. The quantitative estimate of drug-likeness (QED) is 0.358. The molecule has 1 saturated heterocycles. The lowest BCUT2D eigenvalue weighted by atomic mass is 10.5. The smallest absolute Gasteiger partial charge is 0.0947 e. The molecule has 1 unspecified atom stereocenters. The summed E-state index contributed by atoms with van der Waals surface area (Å²) < 4.78 is 4.91. The number of hydrogen-bond acceptors (Lipinski definition) is 3. The molecule has 3 nitrogen and oxygen atoms in total. The van der Waals surface area contributed by atoms with Crippen molar-refractivity contribution in [3.63, 3.8) is 0 Å². The predicted octanol–water partition coefficient (Wildman–Crippen LogP) is -0.891. The van der Waals surface area contributed by atoms with Crippen molar-refractivity contribution in [2.24, 2.45) is 0 Å². The van der Waals surface area contributed by atoms with Crippen LogP contribution >= 0.6 is 0 Å². The van der Waals surface area contributed by atoms with Crippen LogP contribution in [0.3, 0.4) is 0 Å². The number of ether oxygens (including phenoxy) is 1. The van der Waals surface area contributed by atoms with Gasteiger partial charge in [-0.15, -0.1) is 0 Å². The molecule has 0 bridgehead atoms. The molecule has 0 amide bonds. The molecule has 42 valence electrons. The first kappa shape index (κ1) is 5.03. The largest absolute Gasteiger partial charge is 0.372 e. The van der Waals surface area contributed by atoms with Crippen LogP contribution in [0.25, 0.3) is 0 Å². The van der Waals surface area contributed by atoms with E-state index in [2.05, 4.69) is 10.9 Å². The average molecular weight is 102 g/mol. The summed E-state index contributed by atoms with van der Waals surface area (Å²) in [6.07, 6.45) is 0.479. The topological polar surface area (TPSA) is 36.6 Å². The van der Waals surface area contributed by atoms with Gasteiger partial charge in [-0.1, -0.05) is 0 Å². The highest BCUT2D eigenvalue weighted by molar-refractivity contribution is 4.69. The summed E-state index contributed by atoms with van der Waals surface area (Å²) in [7, 11) is 1.85. The molecule has 0 saturated carbocycles. The Kier molecular flexibility index (Phi) is 1.62. The van der Waals surface area contributed by atoms with Crippen LogP contribution < -0.4 is 10.9 Å². The highest BCUT2D eigenvalue weighted by atomic mass is 16.6. The van der Waals surface area contributed by atoms with Gasteiger partial charge in [0.1, 0.15) is 0 Å². The second kappa shape index (κ2) is 2.26. The molecule has 1 rings (SSSR count). The van der Waals surface area contributed by atoms with E-state index in [-0.39, 0.29) is 0 Å². The van der Waals surface area contributed by atoms with Crippen molar-refractivity contribution < 1.29 is 4.74 Å². The predicted molar refractivity (Wildman–Crippen MR) is 26.8 cm³/mol. The number of rotatable bonds is 3. The van der Waals surface area contributed by atoms with E-state index in [9.17, 15) is 0 Å². The zero-order valence-corrected chi connectivity index (χ0v) is 4.40. The van der Waals surface area contributed by atoms with E-state index in [4.69, 9.17) is 4.74 Å². The lowest BCUT2D eigenvalue weighted by molar-refractivity contribution is 0.388. The van der Waals surface area contributed by atoms with Gasteiger partial charge in [0.25, 0.3) is 0 Å². The van der Waals surface area contributed by atoms with E-state index in [0.29, 0.717) is 6.10 Å². The van der Waals surface area contributed by atoms with E-state index >= 15 is 0 Å². The molecule has 0 aromatic carbocycles. The standard InChI is InChI=1S/C4H10N2O/c1-5-6-2-4-3-7-4/h4-6H,2-3H2,1H3. The van der Waals surface area contributed by atoms with Crippen LogP contribution in [0.1, 0.15) is 0 Å². The Labute approximate surface area is 43.0 Å². The highest BCUT2D eigenvalue weighted by Gasteiger charge is 2.20. The van der Waals surface area contributed by atoms with Gasteiger partial charge < -0.3 is 4.74 Å². The van der Waals surface area contributed by atoms with Crippen molar-refractivity contribution >= 4 is 0 Å². The molecule has 1 aliphatic heterocycles. The lowest BCUT2D eigenvalue weighted by Crippen LogP contribution is -2.30. The number of hydrogen-bond donors (Lipinski definition) is 2. The summed E-state index contributed by atoms with van der Waals surface area (Å²) in [5.74, 6) is 0. The first-order chi connectivity index (χ1) is 3.43. The van der Waals surface area contributed by atoms with Gasteiger partial charge in [0.2, 0.25) is 0 Å². The lowest BCUT2D eigenvalue weighted by Gasteiger charge is -1.94. The monoisotopic (exact) mass is 102 g/mol. The van der Waals surface area contributed by atoms with Gasteiger partial charge in [-0.25, -0.2) is 0 Å². The molecular formula is C4H10N2O. The number of epoxide rings is 1. The SMILES string of the molecule is CNNCC1CO1. The van der Waals surface area contributed by atoms with Gasteiger partial charge in [-0.05, 0) is 7.05 Å².